The summed E-state index contributed by atoms with van der Waals surface area (Å²) in [5, 5.41) is 9.61. The SMILES string of the molecule is C=C(C)C(=O)OCC(O)COCCC(C)CCC=C(C)C. The molecule has 0 aromatic rings. The van der Waals surface area contributed by atoms with Crippen LogP contribution in [0.3, 0.4) is 0 Å². The van der Waals surface area contributed by atoms with Crippen molar-refractivity contribution in [3.8, 4) is 0 Å². The van der Waals surface area contributed by atoms with Gasteiger partial charge in [-0.2, -0.15) is 0 Å². The van der Waals surface area contributed by atoms with Crippen LogP contribution in [0.1, 0.15) is 47.0 Å². The van der Waals surface area contributed by atoms with Crippen LogP contribution in [-0.4, -0.2) is 37.0 Å². The van der Waals surface area contributed by atoms with Crippen molar-refractivity contribution in [2.75, 3.05) is 19.8 Å². The number of hydrogen-bond donors (Lipinski definition) is 1. The summed E-state index contributed by atoms with van der Waals surface area (Å²) in [6.07, 6.45) is 4.68. The molecule has 0 heterocycles. The number of ether oxygens (including phenoxy) is 2. The van der Waals surface area contributed by atoms with Gasteiger partial charge in [-0.1, -0.05) is 25.2 Å². The Kier molecular flexibility index (Phi) is 10.9. The van der Waals surface area contributed by atoms with E-state index in [1.165, 1.54) is 5.57 Å². The lowest BCUT2D eigenvalue weighted by molar-refractivity contribution is -0.143. The molecule has 0 aliphatic carbocycles. The second-order valence-electron chi connectivity index (χ2n) is 5.86. The van der Waals surface area contributed by atoms with Crippen molar-refractivity contribution in [3.05, 3.63) is 23.8 Å². The average molecular weight is 298 g/mol. The number of aliphatic hydroxyl groups excluding tert-OH is 1. The Hall–Kier alpha value is -1.13. The minimum absolute atomic E-state index is 0.0538. The Morgan fingerprint density at radius 1 is 1.24 bits per heavy atom. The number of esters is 1. The fourth-order valence-corrected chi connectivity index (χ4v) is 1.65. The van der Waals surface area contributed by atoms with Gasteiger partial charge in [-0.05, 0) is 46.0 Å². The van der Waals surface area contributed by atoms with E-state index in [1.807, 2.05) is 0 Å². The highest BCUT2D eigenvalue weighted by molar-refractivity contribution is 5.86. The standard InChI is InChI=1S/C17H30O4/c1-13(2)7-6-8-15(5)9-10-20-11-16(18)12-21-17(19)14(3)4/h7,15-16,18H,3,6,8-12H2,1-2,4-5H3. The lowest BCUT2D eigenvalue weighted by Crippen LogP contribution is -2.24. The molecule has 0 rings (SSSR count). The molecular formula is C17H30O4. The van der Waals surface area contributed by atoms with Gasteiger partial charge in [0.15, 0.2) is 0 Å². The summed E-state index contributed by atoms with van der Waals surface area (Å²) in [5.41, 5.74) is 1.68. The first-order chi connectivity index (χ1) is 9.82. The topological polar surface area (TPSA) is 55.8 Å². The number of rotatable bonds is 11. The number of carbonyl (C=O) groups excluding carboxylic acids is 1. The van der Waals surface area contributed by atoms with Crippen LogP contribution in [0.2, 0.25) is 0 Å². The average Bonchev–Trinajstić information content (AvgIpc) is 2.40. The fourth-order valence-electron chi connectivity index (χ4n) is 1.65. The van der Waals surface area contributed by atoms with Crippen molar-refractivity contribution < 1.29 is 19.4 Å². The van der Waals surface area contributed by atoms with Gasteiger partial charge in [-0.15, -0.1) is 0 Å². The van der Waals surface area contributed by atoms with Gasteiger partial charge in [0.2, 0.25) is 0 Å². The molecule has 0 bridgehead atoms. The quantitative estimate of drug-likeness (QED) is 0.275. The van der Waals surface area contributed by atoms with Gasteiger partial charge in [-0.25, -0.2) is 4.79 Å². The predicted molar refractivity (Wildman–Crippen MR) is 85.0 cm³/mol. The lowest BCUT2D eigenvalue weighted by atomic mass is 10.0. The van der Waals surface area contributed by atoms with Crippen LogP contribution < -0.4 is 0 Å². The molecule has 0 aliphatic heterocycles. The number of carbonyl (C=O) groups is 1. The third-order valence-electron chi connectivity index (χ3n) is 3.03. The molecule has 0 saturated heterocycles. The molecule has 2 unspecified atom stereocenters. The van der Waals surface area contributed by atoms with Crippen molar-refractivity contribution in [1.82, 2.24) is 0 Å². The zero-order valence-electron chi connectivity index (χ0n) is 13.9. The zero-order chi connectivity index (χ0) is 16.3. The van der Waals surface area contributed by atoms with Gasteiger partial charge < -0.3 is 14.6 Å². The van der Waals surface area contributed by atoms with Crippen molar-refractivity contribution >= 4 is 5.97 Å². The third-order valence-corrected chi connectivity index (χ3v) is 3.03. The maximum atomic E-state index is 11.1. The molecule has 0 aromatic carbocycles. The molecule has 2 atom stereocenters. The molecule has 0 aliphatic rings. The molecule has 0 saturated carbocycles. The third kappa shape index (κ3) is 12.3. The summed E-state index contributed by atoms with van der Waals surface area (Å²) in [5.74, 6) is 0.112. The van der Waals surface area contributed by atoms with E-state index in [1.54, 1.807) is 6.92 Å². The van der Waals surface area contributed by atoms with Gasteiger partial charge in [0.25, 0.3) is 0 Å². The van der Waals surface area contributed by atoms with E-state index in [9.17, 15) is 9.90 Å². The van der Waals surface area contributed by atoms with Gasteiger partial charge >= 0.3 is 5.97 Å². The second kappa shape index (κ2) is 11.5. The first-order valence-electron chi connectivity index (χ1n) is 7.54. The maximum absolute atomic E-state index is 11.1. The Labute approximate surface area is 128 Å². The summed E-state index contributed by atoms with van der Waals surface area (Å²) in [6, 6.07) is 0. The van der Waals surface area contributed by atoms with Gasteiger partial charge in [0.05, 0.1) is 6.61 Å². The van der Waals surface area contributed by atoms with Gasteiger partial charge in [-0.3, -0.25) is 0 Å². The minimum atomic E-state index is -0.783. The highest BCUT2D eigenvalue weighted by Crippen LogP contribution is 2.11. The van der Waals surface area contributed by atoms with Crippen LogP contribution >= 0.6 is 0 Å². The molecule has 4 heteroatoms. The van der Waals surface area contributed by atoms with Gasteiger partial charge in [0.1, 0.15) is 12.7 Å². The molecular weight excluding hydrogens is 268 g/mol. The fraction of sp³-hybridized carbons (Fsp3) is 0.706. The Morgan fingerprint density at radius 3 is 2.48 bits per heavy atom. The summed E-state index contributed by atoms with van der Waals surface area (Å²) < 4.78 is 10.3. The van der Waals surface area contributed by atoms with E-state index in [-0.39, 0.29) is 13.2 Å². The largest absolute Gasteiger partial charge is 0.460 e. The van der Waals surface area contributed by atoms with E-state index >= 15 is 0 Å². The first kappa shape index (κ1) is 19.9. The van der Waals surface area contributed by atoms with E-state index in [0.717, 1.165) is 19.3 Å². The van der Waals surface area contributed by atoms with E-state index < -0.39 is 12.1 Å². The molecule has 0 amide bonds. The van der Waals surface area contributed by atoms with E-state index in [0.29, 0.717) is 18.1 Å². The van der Waals surface area contributed by atoms with Crippen LogP contribution in [0.5, 0.6) is 0 Å². The van der Waals surface area contributed by atoms with Crippen molar-refractivity contribution in [1.29, 1.82) is 0 Å². The molecule has 122 valence electrons. The highest BCUT2D eigenvalue weighted by atomic mass is 16.5. The highest BCUT2D eigenvalue weighted by Gasteiger charge is 2.10. The van der Waals surface area contributed by atoms with Crippen LogP contribution in [0.15, 0.2) is 23.8 Å². The summed E-state index contributed by atoms with van der Waals surface area (Å²) >= 11 is 0. The second-order valence-corrected chi connectivity index (χ2v) is 5.86. The van der Waals surface area contributed by atoms with Gasteiger partial charge in [0, 0.05) is 12.2 Å². The lowest BCUT2D eigenvalue weighted by Gasteiger charge is -2.14. The molecule has 21 heavy (non-hydrogen) atoms. The Balaban J connectivity index is 3.59. The molecule has 0 spiro atoms. The zero-order valence-corrected chi connectivity index (χ0v) is 13.9. The molecule has 1 N–H and O–H groups in total. The smallest absolute Gasteiger partial charge is 0.333 e. The Morgan fingerprint density at radius 2 is 1.90 bits per heavy atom. The molecule has 0 aromatic heterocycles. The van der Waals surface area contributed by atoms with E-state index in [2.05, 4.69) is 33.4 Å². The summed E-state index contributed by atoms with van der Waals surface area (Å²) in [7, 11) is 0. The molecule has 0 radical (unpaired) electrons. The van der Waals surface area contributed by atoms with Crippen LogP contribution in [0.25, 0.3) is 0 Å². The van der Waals surface area contributed by atoms with Crippen LogP contribution in [0.4, 0.5) is 0 Å². The predicted octanol–water partition coefficient (Wildman–Crippen LogP) is 3.26. The number of aliphatic hydroxyl groups is 1. The number of allylic oxidation sites excluding steroid dienone is 2. The monoisotopic (exact) mass is 298 g/mol. The minimum Gasteiger partial charge on any atom is -0.460 e. The summed E-state index contributed by atoms with van der Waals surface area (Å²) in [6.45, 7) is 12.2. The van der Waals surface area contributed by atoms with E-state index in [4.69, 9.17) is 9.47 Å². The number of hydrogen-bond acceptors (Lipinski definition) is 4. The van der Waals surface area contributed by atoms with Crippen LogP contribution in [0, 0.1) is 5.92 Å². The summed E-state index contributed by atoms with van der Waals surface area (Å²) in [4.78, 5) is 11.1. The Bertz CT molecular complexity index is 343. The maximum Gasteiger partial charge on any atom is 0.333 e. The van der Waals surface area contributed by atoms with Crippen molar-refractivity contribution in [2.24, 2.45) is 5.92 Å². The normalized spacial score (nSPS) is 13.4. The molecule has 0 fully saturated rings. The van der Waals surface area contributed by atoms with Crippen molar-refractivity contribution in [3.63, 3.8) is 0 Å². The van der Waals surface area contributed by atoms with Crippen LogP contribution in [-0.2, 0) is 14.3 Å². The molecule has 4 nitrogen and oxygen atoms in total. The first-order valence-corrected chi connectivity index (χ1v) is 7.54. The van der Waals surface area contributed by atoms with Crippen molar-refractivity contribution in [2.45, 2.75) is 53.1 Å².